The number of anilines is 6. The van der Waals surface area contributed by atoms with E-state index in [0.717, 1.165) is 11.4 Å². The van der Waals surface area contributed by atoms with Crippen LogP contribution < -0.4 is 9.80 Å². The van der Waals surface area contributed by atoms with Gasteiger partial charge in [0.25, 0.3) is 0 Å². The first-order chi connectivity index (χ1) is 29.2. The summed E-state index contributed by atoms with van der Waals surface area (Å²) in [6, 6.07) is 74.2. The molecular weight excluding hydrogens is 753 g/mol. The zero-order valence-electron chi connectivity index (χ0n) is 32.3. The highest BCUT2D eigenvalue weighted by Crippen LogP contribution is 2.55. The van der Waals surface area contributed by atoms with Crippen LogP contribution >= 0.6 is 23.5 Å². The van der Waals surface area contributed by atoms with E-state index in [2.05, 4.69) is 217 Å². The zero-order chi connectivity index (χ0) is 39.0. The third kappa shape index (κ3) is 5.59. The van der Waals surface area contributed by atoms with Crippen LogP contribution in [-0.2, 0) is 0 Å². The van der Waals surface area contributed by atoms with Gasteiger partial charge in [0.15, 0.2) is 0 Å². The van der Waals surface area contributed by atoms with Crippen molar-refractivity contribution in [2.24, 2.45) is 0 Å². The zero-order valence-corrected chi connectivity index (χ0v) is 33.9. The lowest BCUT2D eigenvalue weighted by Crippen LogP contribution is -2.15. The van der Waals surface area contributed by atoms with Gasteiger partial charge in [-0.15, -0.1) is 0 Å². The Morgan fingerprint density at radius 3 is 1.22 bits per heavy atom. The van der Waals surface area contributed by atoms with Gasteiger partial charge in [-0.3, -0.25) is 0 Å². The number of hydrogen-bond donors (Lipinski definition) is 0. The lowest BCUT2D eigenvalue weighted by Gasteiger charge is -2.34. The maximum absolute atomic E-state index is 2.45. The summed E-state index contributed by atoms with van der Waals surface area (Å²) >= 11 is 3.69. The Morgan fingerprint density at radius 2 is 0.729 bits per heavy atom. The van der Waals surface area contributed by atoms with Crippen molar-refractivity contribution in [1.29, 1.82) is 0 Å². The molecule has 0 saturated heterocycles. The Hall–Kier alpha value is -6.72. The maximum atomic E-state index is 2.45. The molecule has 0 saturated carbocycles. The van der Waals surface area contributed by atoms with Crippen LogP contribution in [0.4, 0.5) is 34.1 Å². The summed E-state index contributed by atoms with van der Waals surface area (Å²) in [5.74, 6) is 0. The molecule has 0 spiro atoms. The standard InChI is InChI=1S/C55H36N2S2/c1-35-22-24-37(25-23-35)54-42-30-28-41(57-48-16-6-10-20-52(48)59-53-21-11-7-17-49(53)57)34-45(42)55(39-27-26-36-12-2-3-13-38(36)32-39)43-31-29-40(33-44(43)54)56-46-14-4-8-18-50(46)58-51-19-9-5-15-47(51)56/h2-34H,1H3. The summed E-state index contributed by atoms with van der Waals surface area (Å²) in [7, 11) is 0. The average Bonchev–Trinajstić information content (AvgIpc) is 3.29. The highest BCUT2D eigenvalue weighted by atomic mass is 32.2. The van der Waals surface area contributed by atoms with Crippen LogP contribution in [0.5, 0.6) is 0 Å². The Bertz CT molecular complexity index is 3220. The molecular formula is C55H36N2S2. The van der Waals surface area contributed by atoms with Crippen LogP contribution in [0.15, 0.2) is 220 Å². The van der Waals surface area contributed by atoms with Gasteiger partial charge in [-0.25, -0.2) is 0 Å². The molecule has 0 bridgehead atoms. The van der Waals surface area contributed by atoms with Crippen molar-refractivity contribution >= 4 is 90.0 Å². The van der Waals surface area contributed by atoms with Crippen LogP contribution in [0.25, 0.3) is 54.6 Å². The highest BCUT2D eigenvalue weighted by Gasteiger charge is 2.28. The topological polar surface area (TPSA) is 6.48 Å². The first kappa shape index (κ1) is 34.3. The van der Waals surface area contributed by atoms with E-state index in [0.29, 0.717) is 0 Å². The minimum absolute atomic E-state index is 1.14. The van der Waals surface area contributed by atoms with Crippen LogP contribution in [0.1, 0.15) is 5.56 Å². The second kappa shape index (κ2) is 13.7. The molecule has 4 heteroatoms. The van der Waals surface area contributed by atoms with Gasteiger partial charge >= 0.3 is 0 Å². The minimum Gasteiger partial charge on any atom is -0.308 e. The second-order valence-corrected chi connectivity index (χ2v) is 17.6. The predicted octanol–water partition coefficient (Wildman–Crippen LogP) is 16.7. The molecule has 0 aliphatic carbocycles. The van der Waals surface area contributed by atoms with Gasteiger partial charge in [-0.05, 0) is 140 Å². The summed E-state index contributed by atoms with van der Waals surface area (Å²) in [4.78, 5) is 9.93. The minimum atomic E-state index is 1.14. The molecule has 0 amide bonds. The quantitative estimate of drug-likeness (QED) is 0.164. The molecule has 2 nitrogen and oxygen atoms in total. The molecule has 0 atom stereocenters. The first-order valence-electron chi connectivity index (χ1n) is 20.1. The van der Waals surface area contributed by atoms with Crippen molar-refractivity contribution in [2.75, 3.05) is 9.80 Å². The van der Waals surface area contributed by atoms with Crippen molar-refractivity contribution in [3.05, 3.63) is 206 Å². The molecule has 0 radical (unpaired) electrons. The number of para-hydroxylation sites is 4. The van der Waals surface area contributed by atoms with E-state index in [9.17, 15) is 0 Å². The van der Waals surface area contributed by atoms with Gasteiger partial charge in [0, 0.05) is 31.0 Å². The smallest absolute Gasteiger partial charge is 0.0601 e. The van der Waals surface area contributed by atoms with Crippen molar-refractivity contribution in [3.63, 3.8) is 0 Å². The van der Waals surface area contributed by atoms with Crippen LogP contribution in [0.2, 0.25) is 0 Å². The monoisotopic (exact) mass is 788 g/mol. The lowest BCUT2D eigenvalue weighted by molar-refractivity contribution is 1.17. The largest absolute Gasteiger partial charge is 0.308 e. The van der Waals surface area contributed by atoms with Crippen LogP contribution in [-0.4, -0.2) is 0 Å². The van der Waals surface area contributed by atoms with E-state index in [1.165, 1.54) is 102 Å². The van der Waals surface area contributed by atoms with E-state index in [-0.39, 0.29) is 0 Å². The third-order valence-electron chi connectivity index (χ3n) is 11.8. The fourth-order valence-electron chi connectivity index (χ4n) is 9.14. The normalized spacial score (nSPS) is 13.0. The molecule has 59 heavy (non-hydrogen) atoms. The fourth-order valence-corrected chi connectivity index (χ4v) is 11.3. The number of hydrogen-bond acceptors (Lipinski definition) is 4. The van der Waals surface area contributed by atoms with Crippen LogP contribution in [0.3, 0.4) is 0 Å². The van der Waals surface area contributed by atoms with Crippen molar-refractivity contribution in [3.8, 4) is 22.3 Å². The summed E-state index contributed by atoms with van der Waals surface area (Å²) < 4.78 is 0. The van der Waals surface area contributed by atoms with Gasteiger partial charge in [-0.1, -0.05) is 150 Å². The van der Waals surface area contributed by atoms with Crippen molar-refractivity contribution in [1.82, 2.24) is 0 Å². The predicted molar refractivity (Wildman–Crippen MR) is 252 cm³/mol. The molecule has 278 valence electrons. The summed E-state index contributed by atoms with van der Waals surface area (Å²) in [5, 5.41) is 7.39. The average molecular weight is 789 g/mol. The van der Waals surface area contributed by atoms with Gasteiger partial charge in [-0.2, -0.15) is 0 Å². The second-order valence-electron chi connectivity index (χ2n) is 15.4. The van der Waals surface area contributed by atoms with E-state index in [1.807, 2.05) is 23.5 Å². The van der Waals surface area contributed by atoms with Gasteiger partial charge in [0.2, 0.25) is 0 Å². The molecule has 0 N–H and O–H groups in total. The Morgan fingerprint density at radius 1 is 0.322 bits per heavy atom. The molecule has 0 aromatic heterocycles. The number of nitrogens with zero attached hydrogens (tertiary/aromatic N) is 2. The van der Waals surface area contributed by atoms with E-state index in [4.69, 9.17) is 0 Å². The van der Waals surface area contributed by atoms with E-state index in [1.54, 1.807) is 0 Å². The van der Waals surface area contributed by atoms with E-state index < -0.39 is 0 Å². The third-order valence-corrected chi connectivity index (χ3v) is 14.1. The first-order valence-corrected chi connectivity index (χ1v) is 21.7. The van der Waals surface area contributed by atoms with Crippen molar-refractivity contribution in [2.45, 2.75) is 26.5 Å². The summed E-state index contributed by atoms with van der Waals surface area (Å²) in [6.45, 7) is 2.17. The molecule has 0 unspecified atom stereocenters. The lowest BCUT2D eigenvalue weighted by atomic mass is 9.84. The number of rotatable bonds is 4. The summed E-state index contributed by atoms with van der Waals surface area (Å²) in [5.41, 5.74) is 13.2. The fraction of sp³-hybridized carbons (Fsp3) is 0.0182. The molecule has 10 aromatic carbocycles. The van der Waals surface area contributed by atoms with E-state index >= 15 is 0 Å². The number of fused-ring (bicyclic) bond motifs is 7. The Labute approximate surface area is 352 Å². The summed E-state index contributed by atoms with van der Waals surface area (Å²) in [6.07, 6.45) is 0. The molecule has 0 fully saturated rings. The van der Waals surface area contributed by atoms with Gasteiger partial charge < -0.3 is 9.80 Å². The Balaban J connectivity index is 1.19. The number of aryl methyl sites for hydroxylation is 1. The van der Waals surface area contributed by atoms with Gasteiger partial charge in [0.05, 0.1) is 22.7 Å². The van der Waals surface area contributed by atoms with Gasteiger partial charge in [0.1, 0.15) is 0 Å². The van der Waals surface area contributed by atoms with Crippen molar-refractivity contribution < 1.29 is 0 Å². The molecule has 10 aromatic rings. The number of benzene rings is 10. The molecule has 2 heterocycles. The molecule has 12 rings (SSSR count). The van der Waals surface area contributed by atoms with Crippen LogP contribution in [0, 0.1) is 6.92 Å². The molecule has 2 aliphatic rings. The SMILES string of the molecule is Cc1ccc(-c2c3ccc(N4c5ccccc5Sc5ccccc54)cc3c(-c3ccc4ccccc4c3)c3ccc(N4c5ccccc5Sc5ccccc54)cc23)cc1. The Kier molecular flexibility index (Phi) is 7.97. The maximum Gasteiger partial charge on any atom is 0.0601 e. The highest BCUT2D eigenvalue weighted by molar-refractivity contribution is 8.00. The molecule has 2 aliphatic heterocycles.